The number of piperidine rings is 1. The molecule has 0 aliphatic carbocycles. The maximum absolute atomic E-state index is 12.0. The number of nitro benzene ring substituents is 1. The molecule has 1 aliphatic heterocycles. The van der Waals surface area contributed by atoms with Gasteiger partial charge in [0.1, 0.15) is 0 Å². The lowest BCUT2D eigenvalue weighted by Gasteiger charge is -2.30. The molecule has 0 saturated carbocycles. The van der Waals surface area contributed by atoms with Gasteiger partial charge in [-0.3, -0.25) is 19.8 Å². The van der Waals surface area contributed by atoms with Gasteiger partial charge in [-0.15, -0.1) is 0 Å². The molecule has 2 aromatic rings. The number of nitrogens with zero attached hydrogens (tertiary/aromatic N) is 2. The number of nitrogens with one attached hydrogen (secondary N) is 1. The molecule has 1 fully saturated rings. The van der Waals surface area contributed by atoms with E-state index in [-0.39, 0.29) is 24.0 Å². The number of likely N-dealkylation sites (tertiary alicyclic amines) is 1. The van der Waals surface area contributed by atoms with Crippen LogP contribution in [-0.4, -0.2) is 35.4 Å². The predicted octanol–water partition coefficient (Wildman–Crippen LogP) is 3.52. The molecular weight excluding hydrogens is 370 g/mol. The van der Waals surface area contributed by atoms with Crippen LogP contribution in [0.3, 0.4) is 0 Å². The van der Waals surface area contributed by atoms with Crippen molar-refractivity contribution in [2.75, 3.05) is 19.7 Å². The zero-order valence-corrected chi connectivity index (χ0v) is 16.7. The smallest absolute Gasteiger partial charge is 0.310 e. The molecule has 7 nitrogen and oxygen atoms in total. The largest absolute Gasteiger partial charge is 0.477 e. The number of rotatable bonds is 8. The van der Waals surface area contributed by atoms with Crippen molar-refractivity contribution in [1.82, 2.24) is 10.2 Å². The molecule has 29 heavy (non-hydrogen) atoms. The van der Waals surface area contributed by atoms with Gasteiger partial charge >= 0.3 is 5.69 Å². The summed E-state index contributed by atoms with van der Waals surface area (Å²) in [4.78, 5) is 24.9. The highest BCUT2D eigenvalue weighted by Gasteiger charge is 2.16. The maximum atomic E-state index is 12.0. The second-order valence-electron chi connectivity index (χ2n) is 7.57. The van der Waals surface area contributed by atoms with Crippen LogP contribution in [0.15, 0.2) is 48.5 Å². The minimum Gasteiger partial charge on any atom is -0.477 e. The summed E-state index contributed by atoms with van der Waals surface area (Å²) in [6, 6.07) is 14.3. The van der Waals surface area contributed by atoms with Crippen molar-refractivity contribution in [2.24, 2.45) is 5.92 Å². The first-order chi connectivity index (χ1) is 14.0. The SMILES string of the molecule is CC1CCN(Cc2ccc(CNC(=O)COc3ccccc3[N+](=O)[O-])cc2)CC1. The fourth-order valence-corrected chi connectivity index (χ4v) is 3.37. The molecule has 0 spiro atoms. The first-order valence-corrected chi connectivity index (χ1v) is 9.94. The van der Waals surface area contributed by atoms with Crippen LogP contribution in [0.5, 0.6) is 5.75 Å². The first-order valence-electron chi connectivity index (χ1n) is 9.94. The molecular formula is C22H27N3O4. The average Bonchev–Trinajstić information content (AvgIpc) is 2.73. The third-order valence-electron chi connectivity index (χ3n) is 5.22. The van der Waals surface area contributed by atoms with E-state index in [1.807, 2.05) is 12.1 Å². The highest BCUT2D eigenvalue weighted by molar-refractivity contribution is 5.77. The van der Waals surface area contributed by atoms with E-state index in [4.69, 9.17) is 4.74 Å². The lowest BCUT2D eigenvalue weighted by atomic mass is 9.99. The van der Waals surface area contributed by atoms with Crippen molar-refractivity contribution < 1.29 is 14.5 Å². The molecule has 0 bridgehead atoms. The normalized spacial score (nSPS) is 15.1. The summed E-state index contributed by atoms with van der Waals surface area (Å²) in [5.41, 5.74) is 2.12. The summed E-state index contributed by atoms with van der Waals surface area (Å²) in [6.07, 6.45) is 2.52. The van der Waals surface area contributed by atoms with Gasteiger partial charge in [-0.2, -0.15) is 0 Å². The van der Waals surface area contributed by atoms with Crippen LogP contribution in [0.2, 0.25) is 0 Å². The van der Waals surface area contributed by atoms with Crippen molar-refractivity contribution in [3.05, 3.63) is 69.8 Å². The van der Waals surface area contributed by atoms with Crippen LogP contribution in [0.1, 0.15) is 30.9 Å². The molecule has 1 amide bonds. The minimum atomic E-state index is -0.529. The van der Waals surface area contributed by atoms with Gasteiger partial charge < -0.3 is 10.1 Å². The van der Waals surface area contributed by atoms with Gasteiger partial charge in [0.05, 0.1) is 4.92 Å². The Kier molecular flexibility index (Phi) is 7.19. The second-order valence-corrected chi connectivity index (χ2v) is 7.57. The van der Waals surface area contributed by atoms with Gasteiger partial charge in [-0.1, -0.05) is 43.3 Å². The molecule has 0 aromatic heterocycles. The van der Waals surface area contributed by atoms with Gasteiger partial charge in [0, 0.05) is 19.2 Å². The summed E-state index contributed by atoms with van der Waals surface area (Å²) >= 11 is 0. The third-order valence-corrected chi connectivity index (χ3v) is 5.22. The molecule has 1 aliphatic rings. The highest BCUT2D eigenvalue weighted by Crippen LogP contribution is 2.25. The topological polar surface area (TPSA) is 84.7 Å². The third kappa shape index (κ3) is 6.29. The number of hydrogen-bond acceptors (Lipinski definition) is 5. The Labute approximate surface area is 170 Å². The zero-order valence-electron chi connectivity index (χ0n) is 16.7. The van der Waals surface area contributed by atoms with Gasteiger partial charge in [0.25, 0.3) is 5.91 Å². The van der Waals surface area contributed by atoms with Crippen LogP contribution < -0.4 is 10.1 Å². The number of amides is 1. The minimum absolute atomic E-state index is 0.0871. The maximum Gasteiger partial charge on any atom is 0.310 e. The number of carbonyl (C=O) groups excluding carboxylic acids is 1. The van der Waals surface area contributed by atoms with E-state index in [0.717, 1.165) is 31.1 Å². The summed E-state index contributed by atoms with van der Waals surface area (Å²) in [5.74, 6) is 0.591. The summed E-state index contributed by atoms with van der Waals surface area (Å²) in [6.45, 7) is 5.70. The van der Waals surface area contributed by atoms with E-state index < -0.39 is 4.92 Å². The van der Waals surface area contributed by atoms with Crippen LogP contribution in [0, 0.1) is 16.0 Å². The van der Waals surface area contributed by atoms with E-state index in [2.05, 4.69) is 29.3 Å². The van der Waals surface area contributed by atoms with Crippen LogP contribution >= 0.6 is 0 Å². The Morgan fingerprint density at radius 3 is 2.48 bits per heavy atom. The van der Waals surface area contributed by atoms with E-state index in [1.54, 1.807) is 12.1 Å². The lowest BCUT2D eigenvalue weighted by Crippen LogP contribution is -2.32. The van der Waals surface area contributed by atoms with Crippen molar-refractivity contribution >= 4 is 11.6 Å². The molecule has 7 heteroatoms. The lowest BCUT2D eigenvalue weighted by molar-refractivity contribution is -0.385. The number of benzene rings is 2. The molecule has 1 heterocycles. The van der Waals surface area contributed by atoms with Gasteiger partial charge in [0.2, 0.25) is 0 Å². The van der Waals surface area contributed by atoms with Crippen LogP contribution in [0.4, 0.5) is 5.69 Å². The Morgan fingerprint density at radius 2 is 1.79 bits per heavy atom. The molecule has 0 atom stereocenters. The van der Waals surface area contributed by atoms with Crippen molar-refractivity contribution in [2.45, 2.75) is 32.9 Å². The Hall–Kier alpha value is -2.93. The van der Waals surface area contributed by atoms with Gasteiger partial charge in [0.15, 0.2) is 12.4 Å². The number of nitro groups is 1. The first kappa shape index (κ1) is 20.8. The van der Waals surface area contributed by atoms with Gasteiger partial charge in [-0.05, 0) is 49.0 Å². The Balaban J connectivity index is 1.43. The van der Waals surface area contributed by atoms with E-state index in [1.165, 1.54) is 30.5 Å². The fraction of sp³-hybridized carbons (Fsp3) is 0.409. The molecule has 0 radical (unpaired) electrons. The Morgan fingerprint density at radius 1 is 1.14 bits per heavy atom. The number of hydrogen-bond donors (Lipinski definition) is 1. The standard InChI is InChI=1S/C22H27N3O4/c1-17-10-12-24(13-11-17)15-19-8-6-18(7-9-19)14-23-22(26)16-29-21-5-3-2-4-20(21)25(27)28/h2-9,17H,10-16H2,1H3,(H,23,26). The number of para-hydroxylation sites is 2. The molecule has 154 valence electrons. The molecule has 1 N–H and O–H groups in total. The Bertz CT molecular complexity index is 830. The fourth-order valence-electron chi connectivity index (χ4n) is 3.37. The zero-order chi connectivity index (χ0) is 20.6. The summed E-state index contributed by atoms with van der Waals surface area (Å²) < 4.78 is 5.30. The summed E-state index contributed by atoms with van der Waals surface area (Å²) in [7, 11) is 0. The number of ether oxygens (including phenoxy) is 1. The van der Waals surface area contributed by atoms with E-state index in [9.17, 15) is 14.9 Å². The second kappa shape index (κ2) is 10.0. The van der Waals surface area contributed by atoms with Crippen molar-refractivity contribution in [3.63, 3.8) is 0 Å². The van der Waals surface area contributed by atoms with Crippen molar-refractivity contribution in [1.29, 1.82) is 0 Å². The number of carbonyl (C=O) groups is 1. The summed E-state index contributed by atoms with van der Waals surface area (Å²) in [5, 5.41) is 13.7. The molecule has 0 unspecified atom stereocenters. The van der Waals surface area contributed by atoms with Crippen LogP contribution in [-0.2, 0) is 17.9 Å². The molecule has 2 aromatic carbocycles. The van der Waals surface area contributed by atoms with Crippen molar-refractivity contribution in [3.8, 4) is 5.75 Å². The monoisotopic (exact) mass is 397 g/mol. The quantitative estimate of drug-likeness (QED) is 0.544. The van der Waals surface area contributed by atoms with E-state index in [0.29, 0.717) is 6.54 Å². The van der Waals surface area contributed by atoms with E-state index >= 15 is 0 Å². The predicted molar refractivity (Wildman–Crippen MR) is 111 cm³/mol. The van der Waals surface area contributed by atoms with Crippen LogP contribution in [0.25, 0.3) is 0 Å². The highest BCUT2D eigenvalue weighted by atomic mass is 16.6. The average molecular weight is 397 g/mol. The molecule has 3 rings (SSSR count). The molecule has 1 saturated heterocycles. The van der Waals surface area contributed by atoms with Gasteiger partial charge in [-0.25, -0.2) is 0 Å².